The van der Waals surface area contributed by atoms with Crippen molar-refractivity contribution in [1.82, 2.24) is 13.8 Å². The molecule has 0 aliphatic carbocycles. The summed E-state index contributed by atoms with van der Waals surface area (Å²) in [5.74, 6) is -0.615. The van der Waals surface area contributed by atoms with E-state index in [1.807, 2.05) is 80.0 Å². The summed E-state index contributed by atoms with van der Waals surface area (Å²) < 4.78 is 18.6. The molecule has 0 aliphatic heterocycles. The molecule has 0 saturated heterocycles. The van der Waals surface area contributed by atoms with Gasteiger partial charge in [-0.05, 0) is 67.9 Å². The van der Waals surface area contributed by atoms with Crippen LogP contribution in [0.1, 0.15) is 32.9 Å². The van der Waals surface area contributed by atoms with Crippen molar-refractivity contribution in [1.29, 1.82) is 0 Å². The van der Waals surface area contributed by atoms with Crippen molar-refractivity contribution in [3.63, 3.8) is 0 Å². The third-order valence-corrected chi connectivity index (χ3v) is 6.30. The van der Waals surface area contributed by atoms with Crippen LogP contribution in [0.3, 0.4) is 0 Å². The van der Waals surface area contributed by atoms with Crippen LogP contribution in [0.25, 0.3) is 11.2 Å². The van der Waals surface area contributed by atoms with E-state index >= 15 is 0 Å². The molecule has 35 heavy (non-hydrogen) atoms. The Morgan fingerprint density at radius 1 is 0.943 bits per heavy atom. The summed E-state index contributed by atoms with van der Waals surface area (Å²) in [6.45, 7) is 3.70. The normalized spacial score (nSPS) is 11.5. The van der Waals surface area contributed by atoms with Gasteiger partial charge in [0.1, 0.15) is 5.82 Å². The van der Waals surface area contributed by atoms with Gasteiger partial charge in [0.25, 0.3) is 5.56 Å². The molecular formula is C28H23FN4O2. The maximum atomic E-state index is 13.4. The summed E-state index contributed by atoms with van der Waals surface area (Å²) >= 11 is 0. The van der Waals surface area contributed by atoms with E-state index in [9.17, 15) is 14.0 Å². The van der Waals surface area contributed by atoms with E-state index in [0.717, 1.165) is 28.0 Å². The smallest absolute Gasteiger partial charge is 0.297 e. The standard InChI is InChI=1S/C28H23FN4O2/c1-18-23(17-30-25-19(2)31(3)33(28(25)35)22-9-5-4-6-10-22)24-11-7-8-16-32(24)26(18)27(34)20-12-14-21(29)15-13-20/h4-17H,1-3H3. The van der Waals surface area contributed by atoms with Crippen LogP contribution in [-0.2, 0) is 7.05 Å². The van der Waals surface area contributed by atoms with Crippen LogP contribution in [0.5, 0.6) is 0 Å². The minimum absolute atomic E-state index is 0.217. The molecule has 3 heterocycles. The zero-order valence-electron chi connectivity index (χ0n) is 19.6. The third-order valence-electron chi connectivity index (χ3n) is 6.30. The fraction of sp³-hybridized carbons (Fsp3) is 0.107. The Morgan fingerprint density at radius 2 is 1.63 bits per heavy atom. The van der Waals surface area contributed by atoms with Crippen LogP contribution in [0.2, 0.25) is 0 Å². The van der Waals surface area contributed by atoms with Gasteiger partial charge in [-0.25, -0.2) is 14.1 Å². The molecule has 0 bridgehead atoms. The van der Waals surface area contributed by atoms with Crippen molar-refractivity contribution in [3.05, 3.63) is 123 Å². The number of nitrogens with zero attached hydrogens (tertiary/aromatic N) is 4. The molecule has 2 aromatic carbocycles. The second-order valence-corrected chi connectivity index (χ2v) is 8.35. The van der Waals surface area contributed by atoms with Crippen LogP contribution >= 0.6 is 0 Å². The molecule has 0 spiro atoms. The number of pyridine rings is 1. The molecule has 0 unspecified atom stereocenters. The molecule has 5 rings (SSSR count). The van der Waals surface area contributed by atoms with Crippen LogP contribution in [0.4, 0.5) is 10.1 Å². The number of fused-ring (bicyclic) bond motifs is 1. The van der Waals surface area contributed by atoms with Gasteiger partial charge in [-0.1, -0.05) is 24.3 Å². The summed E-state index contributed by atoms with van der Waals surface area (Å²) in [7, 11) is 1.82. The van der Waals surface area contributed by atoms with E-state index in [1.165, 1.54) is 24.3 Å². The summed E-state index contributed by atoms with van der Waals surface area (Å²) in [5, 5.41) is 0. The molecular weight excluding hydrogens is 443 g/mol. The summed E-state index contributed by atoms with van der Waals surface area (Å²) in [6, 6.07) is 20.5. The summed E-state index contributed by atoms with van der Waals surface area (Å²) in [6.07, 6.45) is 3.46. The lowest BCUT2D eigenvalue weighted by molar-refractivity contribution is 0.103. The Hall–Kier alpha value is -4.52. The van der Waals surface area contributed by atoms with Crippen molar-refractivity contribution in [3.8, 4) is 5.69 Å². The second-order valence-electron chi connectivity index (χ2n) is 8.35. The monoisotopic (exact) mass is 466 g/mol. The molecule has 5 aromatic rings. The molecule has 0 N–H and O–H groups in total. The number of hydrogen-bond acceptors (Lipinski definition) is 3. The lowest BCUT2D eigenvalue weighted by Gasteiger charge is -2.07. The number of rotatable bonds is 5. The lowest BCUT2D eigenvalue weighted by Crippen LogP contribution is -2.19. The summed E-state index contributed by atoms with van der Waals surface area (Å²) in [4.78, 5) is 31.2. The molecule has 7 heteroatoms. The van der Waals surface area contributed by atoms with Crippen LogP contribution in [-0.4, -0.2) is 25.8 Å². The molecule has 0 saturated carbocycles. The van der Waals surface area contributed by atoms with E-state index in [4.69, 9.17) is 0 Å². The highest BCUT2D eigenvalue weighted by Gasteiger charge is 2.21. The zero-order valence-corrected chi connectivity index (χ0v) is 19.6. The van der Waals surface area contributed by atoms with Gasteiger partial charge in [0.15, 0.2) is 5.69 Å². The highest BCUT2D eigenvalue weighted by molar-refractivity contribution is 6.12. The Kier molecular flexibility index (Phi) is 5.53. The zero-order chi connectivity index (χ0) is 24.7. The Bertz CT molecular complexity index is 1660. The maximum absolute atomic E-state index is 13.4. The third kappa shape index (κ3) is 3.71. The maximum Gasteiger partial charge on any atom is 0.297 e. The van der Waals surface area contributed by atoms with Gasteiger partial charge in [-0.15, -0.1) is 0 Å². The van der Waals surface area contributed by atoms with Crippen molar-refractivity contribution >= 4 is 23.2 Å². The van der Waals surface area contributed by atoms with E-state index in [1.54, 1.807) is 15.6 Å². The first-order valence-corrected chi connectivity index (χ1v) is 11.2. The fourth-order valence-corrected chi connectivity index (χ4v) is 4.37. The fourth-order valence-electron chi connectivity index (χ4n) is 4.37. The van der Waals surface area contributed by atoms with Gasteiger partial charge in [-0.3, -0.25) is 14.3 Å². The number of benzene rings is 2. The Balaban J connectivity index is 1.63. The second kappa shape index (κ2) is 8.68. The number of aliphatic imine (C=N–C) groups is 1. The lowest BCUT2D eigenvalue weighted by atomic mass is 10.0. The van der Waals surface area contributed by atoms with Gasteiger partial charge in [0.2, 0.25) is 5.78 Å². The van der Waals surface area contributed by atoms with Crippen molar-refractivity contribution in [2.24, 2.45) is 12.0 Å². The highest BCUT2D eigenvalue weighted by atomic mass is 19.1. The minimum atomic E-state index is -0.398. The van der Waals surface area contributed by atoms with Gasteiger partial charge in [-0.2, -0.15) is 0 Å². The topological polar surface area (TPSA) is 60.8 Å². The number of halogens is 1. The van der Waals surface area contributed by atoms with Gasteiger partial charge in [0, 0.05) is 30.6 Å². The van der Waals surface area contributed by atoms with Crippen LogP contribution < -0.4 is 5.56 Å². The molecule has 0 fully saturated rings. The van der Waals surface area contributed by atoms with E-state index in [0.29, 0.717) is 16.9 Å². The highest BCUT2D eigenvalue weighted by Crippen LogP contribution is 2.25. The van der Waals surface area contributed by atoms with Crippen LogP contribution in [0.15, 0.2) is 88.8 Å². The largest absolute Gasteiger partial charge is 0.313 e. The first kappa shape index (κ1) is 22.3. The number of carbonyl (C=O) groups is 1. The first-order chi connectivity index (χ1) is 16.9. The van der Waals surface area contributed by atoms with Crippen molar-refractivity contribution < 1.29 is 9.18 Å². The first-order valence-electron chi connectivity index (χ1n) is 11.2. The molecule has 3 aromatic heterocycles. The van der Waals surface area contributed by atoms with E-state index in [2.05, 4.69) is 4.99 Å². The predicted molar refractivity (Wildman–Crippen MR) is 135 cm³/mol. The molecule has 0 radical (unpaired) electrons. The molecule has 0 atom stereocenters. The number of carbonyl (C=O) groups excluding carboxylic acids is 1. The van der Waals surface area contributed by atoms with E-state index in [-0.39, 0.29) is 11.3 Å². The summed E-state index contributed by atoms with van der Waals surface area (Å²) in [5.41, 5.74) is 4.70. The average molecular weight is 467 g/mol. The number of ketones is 1. The number of para-hydroxylation sites is 1. The Labute approximate surface area is 201 Å². The minimum Gasteiger partial charge on any atom is -0.313 e. The van der Waals surface area contributed by atoms with Gasteiger partial charge in [0.05, 0.1) is 22.6 Å². The quantitative estimate of drug-likeness (QED) is 0.265. The van der Waals surface area contributed by atoms with Crippen molar-refractivity contribution in [2.45, 2.75) is 13.8 Å². The molecule has 174 valence electrons. The van der Waals surface area contributed by atoms with Gasteiger partial charge < -0.3 is 4.40 Å². The molecule has 6 nitrogen and oxygen atoms in total. The van der Waals surface area contributed by atoms with Crippen LogP contribution in [0, 0.1) is 19.7 Å². The van der Waals surface area contributed by atoms with E-state index < -0.39 is 5.82 Å². The van der Waals surface area contributed by atoms with Crippen molar-refractivity contribution in [2.75, 3.05) is 0 Å². The molecule has 0 aliphatic rings. The SMILES string of the molecule is Cc1c(C=Nc2c(C)n(C)n(-c3ccccc3)c2=O)c2ccccn2c1C(=O)c1ccc(F)cc1. The van der Waals surface area contributed by atoms with Gasteiger partial charge >= 0.3 is 0 Å². The number of aromatic nitrogens is 3. The Morgan fingerprint density at radius 3 is 2.34 bits per heavy atom. The predicted octanol–water partition coefficient (Wildman–Crippen LogP) is 5.17. The number of hydrogen-bond donors (Lipinski definition) is 0. The average Bonchev–Trinajstić information content (AvgIpc) is 3.27. The molecule has 0 amide bonds.